The molecule has 0 spiro atoms. The molecule has 8 aromatic carbocycles. The van der Waals surface area contributed by atoms with Gasteiger partial charge in [0.1, 0.15) is 0 Å². The molecule has 0 amide bonds. The Bertz CT molecular complexity index is 2510. The molecule has 0 unspecified atom stereocenters. The second-order valence-electron chi connectivity index (χ2n) is 13.0. The molecular weight excluding hydrogens is 615 g/mol. The molecule has 0 aliphatic heterocycles. The van der Waals surface area contributed by atoms with Crippen LogP contribution in [0.1, 0.15) is 0 Å². The fourth-order valence-corrected chi connectivity index (χ4v) is 7.16. The fourth-order valence-electron chi connectivity index (χ4n) is 7.16. The van der Waals surface area contributed by atoms with Gasteiger partial charge in [-0.15, -0.1) is 0 Å². The summed E-state index contributed by atoms with van der Waals surface area (Å²) < 4.78 is 2.37. The van der Waals surface area contributed by atoms with Gasteiger partial charge in [-0.2, -0.15) is 0 Å². The number of rotatable bonds is 7. The Morgan fingerprint density at radius 1 is 0.255 bits per heavy atom. The molecule has 0 aliphatic carbocycles. The third kappa shape index (κ3) is 6.07. The Hall–Kier alpha value is -6.70. The lowest BCUT2D eigenvalue weighted by Gasteiger charge is -2.13. The van der Waals surface area contributed by atoms with Gasteiger partial charge in [-0.3, -0.25) is 0 Å². The number of benzene rings is 8. The maximum atomic E-state index is 2.37. The molecular formula is C50H35N. The molecule has 240 valence electrons. The van der Waals surface area contributed by atoms with E-state index >= 15 is 0 Å². The van der Waals surface area contributed by atoms with Crippen molar-refractivity contribution in [1.29, 1.82) is 0 Å². The van der Waals surface area contributed by atoms with Crippen molar-refractivity contribution in [2.45, 2.75) is 0 Å². The average molecular weight is 650 g/mol. The molecule has 0 radical (unpaired) electrons. The molecule has 0 saturated carbocycles. The number of aromatic nitrogens is 1. The minimum atomic E-state index is 1.13. The van der Waals surface area contributed by atoms with Crippen LogP contribution in [-0.2, 0) is 0 Å². The molecule has 0 atom stereocenters. The van der Waals surface area contributed by atoms with E-state index in [0.29, 0.717) is 0 Å². The summed E-state index contributed by atoms with van der Waals surface area (Å²) in [6.45, 7) is 0. The van der Waals surface area contributed by atoms with Crippen LogP contribution in [0.5, 0.6) is 0 Å². The summed E-state index contributed by atoms with van der Waals surface area (Å²) in [7, 11) is 0. The Morgan fingerprint density at radius 3 is 1.06 bits per heavy atom. The third-order valence-corrected chi connectivity index (χ3v) is 9.84. The van der Waals surface area contributed by atoms with Crippen molar-refractivity contribution >= 4 is 10.9 Å². The van der Waals surface area contributed by atoms with Gasteiger partial charge < -0.3 is 4.57 Å². The molecule has 1 heteroatoms. The second kappa shape index (κ2) is 13.3. The molecule has 1 aromatic heterocycles. The highest BCUT2D eigenvalue weighted by Crippen LogP contribution is 2.39. The standard InChI is InChI=1S/C50H35N/c1-5-13-36(14-6-1)40-21-23-42(24-22-40)44-29-30-50-48(34-44)49(43-27-25-41(26-28-43)37-15-7-2-8-16-37)35-51(50)47-32-45(38-17-9-3-10-18-38)31-46(33-47)39-19-11-4-12-20-39/h1-35H. The quantitative estimate of drug-likeness (QED) is 0.162. The molecule has 0 bridgehead atoms. The van der Waals surface area contributed by atoms with Crippen LogP contribution in [0.15, 0.2) is 212 Å². The molecule has 0 N–H and O–H groups in total. The summed E-state index contributed by atoms with van der Waals surface area (Å²) in [6, 6.07) is 74.3. The zero-order valence-corrected chi connectivity index (χ0v) is 28.2. The van der Waals surface area contributed by atoms with Crippen LogP contribution < -0.4 is 0 Å². The highest BCUT2D eigenvalue weighted by atomic mass is 15.0. The molecule has 0 saturated heterocycles. The zero-order chi connectivity index (χ0) is 34.0. The van der Waals surface area contributed by atoms with E-state index in [1.807, 2.05) is 0 Å². The fraction of sp³-hybridized carbons (Fsp3) is 0. The monoisotopic (exact) mass is 649 g/mol. The maximum absolute atomic E-state index is 2.37. The van der Waals surface area contributed by atoms with Crippen LogP contribution in [0, 0.1) is 0 Å². The first-order chi connectivity index (χ1) is 25.3. The number of hydrogen-bond donors (Lipinski definition) is 0. The normalized spacial score (nSPS) is 11.1. The number of hydrogen-bond acceptors (Lipinski definition) is 0. The van der Waals surface area contributed by atoms with E-state index in [1.165, 1.54) is 77.7 Å². The summed E-state index contributed by atoms with van der Waals surface area (Å²) in [5.74, 6) is 0. The Kier molecular flexibility index (Phi) is 7.92. The molecule has 51 heavy (non-hydrogen) atoms. The van der Waals surface area contributed by atoms with Crippen molar-refractivity contribution < 1.29 is 0 Å². The molecule has 9 rings (SSSR count). The van der Waals surface area contributed by atoms with Crippen molar-refractivity contribution in [2.75, 3.05) is 0 Å². The Labute approximate surface area is 299 Å². The van der Waals surface area contributed by atoms with E-state index in [1.54, 1.807) is 0 Å². The van der Waals surface area contributed by atoms with Crippen molar-refractivity contribution in [3.8, 4) is 72.4 Å². The van der Waals surface area contributed by atoms with Gasteiger partial charge in [0.2, 0.25) is 0 Å². The van der Waals surface area contributed by atoms with Crippen LogP contribution in [0.2, 0.25) is 0 Å². The molecule has 9 aromatic rings. The first-order valence-corrected chi connectivity index (χ1v) is 17.5. The van der Waals surface area contributed by atoms with E-state index < -0.39 is 0 Å². The minimum absolute atomic E-state index is 1.13. The predicted molar refractivity (Wildman–Crippen MR) is 216 cm³/mol. The predicted octanol–water partition coefficient (Wildman–Crippen LogP) is 13.6. The maximum Gasteiger partial charge on any atom is 0.0535 e. The largest absolute Gasteiger partial charge is 0.316 e. The van der Waals surface area contributed by atoms with Crippen molar-refractivity contribution in [3.63, 3.8) is 0 Å². The Balaban J connectivity index is 1.21. The van der Waals surface area contributed by atoms with Gasteiger partial charge in [0.15, 0.2) is 0 Å². The van der Waals surface area contributed by atoms with Gasteiger partial charge in [-0.25, -0.2) is 0 Å². The van der Waals surface area contributed by atoms with Crippen LogP contribution in [0.4, 0.5) is 0 Å². The van der Waals surface area contributed by atoms with Gasteiger partial charge in [0.05, 0.1) is 5.52 Å². The lowest BCUT2D eigenvalue weighted by molar-refractivity contribution is 1.13. The third-order valence-electron chi connectivity index (χ3n) is 9.84. The highest BCUT2D eigenvalue weighted by Gasteiger charge is 2.16. The smallest absolute Gasteiger partial charge is 0.0535 e. The Morgan fingerprint density at radius 2 is 0.608 bits per heavy atom. The van der Waals surface area contributed by atoms with E-state index in [0.717, 1.165) is 5.69 Å². The lowest BCUT2D eigenvalue weighted by atomic mass is 9.97. The van der Waals surface area contributed by atoms with E-state index in [4.69, 9.17) is 0 Å². The minimum Gasteiger partial charge on any atom is -0.316 e. The molecule has 0 fully saturated rings. The first-order valence-electron chi connectivity index (χ1n) is 17.5. The van der Waals surface area contributed by atoms with Crippen LogP contribution >= 0.6 is 0 Å². The van der Waals surface area contributed by atoms with Crippen molar-refractivity contribution in [3.05, 3.63) is 212 Å². The summed E-state index contributed by atoms with van der Waals surface area (Å²) in [4.78, 5) is 0. The molecule has 1 nitrogen and oxygen atoms in total. The molecule has 1 heterocycles. The zero-order valence-electron chi connectivity index (χ0n) is 28.2. The lowest BCUT2D eigenvalue weighted by Crippen LogP contribution is -1.94. The van der Waals surface area contributed by atoms with Gasteiger partial charge in [-0.1, -0.05) is 176 Å². The number of fused-ring (bicyclic) bond motifs is 1. The molecule has 0 aliphatic rings. The van der Waals surface area contributed by atoms with Crippen molar-refractivity contribution in [1.82, 2.24) is 4.57 Å². The average Bonchev–Trinajstić information content (AvgIpc) is 3.61. The second-order valence-corrected chi connectivity index (χ2v) is 13.0. The van der Waals surface area contributed by atoms with Crippen LogP contribution in [-0.4, -0.2) is 4.57 Å². The SMILES string of the molecule is c1ccc(-c2ccc(-c3ccc4c(c3)c(-c3ccc(-c5ccccc5)cc3)cn4-c3cc(-c4ccccc4)cc(-c4ccccc4)c3)cc2)cc1. The highest BCUT2D eigenvalue weighted by molar-refractivity contribution is 6.00. The van der Waals surface area contributed by atoms with Gasteiger partial charge in [-0.05, 0) is 91.5 Å². The van der Waals surface area contributed by atoms with Gasteiger partial charge in [0.25, 0.3) is 0 Å². The number of nitrogens with zero attached hydrogens (tertiary/aromatic N) is 1. The van der Waals surface area contributed by atoms with Crippen LogP contribution in [0.25, 0.3) is 83.4 Å². The van der Waals surface area contributed by atoms with Gasteiger partial charge in [0, 0.05) is 22.8 Å². The van der Waals surface area contributed by atoms with E-state index in [-0.39, 0.29) is 0 Å². The summed E-state index contributed by atoms with van der Waals surface area (Å²) in [5, 5.41) is 1.22. The summed E-state index contributed by atoms with van der Waals surface area (Å²) >= 11 is 0. The summed E-state index contributed by atoms with van der Waals surface area (Å²) in [6.07, 6.45) is 2.32. The topological polar surface area (TPSA) is 4.93 Å². The van der Waals surface area contributed by atoms with E-state index in [9.17, 15) is 0 Å². The van der Waals surface area contributed by atoms with Crippen molar-refractivity contribution in [2.24, 2.45) is 0 Å². The first kappa shape index (κ1) is 30.4. The van der Waals surface area contributed by atoms with Crippen LogP contribution in [0.3, 0.4) is 0 Å². The van der Waals surface area contributed by atoms with E-state index in [2.05, 4.69) is 217 Å². The van der Waals surface area contributed by atoms with Gasteiger partial charge >= 0.3 is 0 Å². The summed E-state index contributed by atoms with van der Waals surface area (Å²) in [5.41, 5.74) is 16.8.